The Balaban J connectivity index is 1.72. The standard InChI is InChI=1S/C18H22N2O4S/c1-12-7-20(8-13(2)24-12)18(21)14-4-5-16(17(6-14)22-3)23-9-15-10-25-11-19-15/h4-6,10-13H,7-9H2,1-3H3/t12-,13+. The average Bonchev–Trinajstić information content (AvgIpc) is 3.12. The van der Waals surface area contributed by atoms with Crippen LogP contribution in [0.3, 0.4) is 0 Å². The van der Waals surface area contributed by atoms with Gasteiger partial charge in [-0.25, -0.2) is 4.98 Å². The first kappa shape index (κ1) is 17.7. The molecule has 134 valence electrons. The quantitative estimate of drug-likeness (QED) is 0.818. The van der Waals surface area contributed by atoms with Crippen LogP contribution in [-0.2, 0) is 11.3 Å². The fourth-order valence-corrected chi connectivity index (χ4v) is 3.45. The molecule has 1 saturated heterocycles. The predicted octanol–water partition coefficient (Wildman–Crippen LogP) is 2.98. The molecule has 0 spiro atoms. The van der Waals surface area contributed by atoms with Crippen LogP contribution >= 0.6 is 11.3 Å². The van der Waals surface area contributed by atoms with Crippen molar-refractivity contribution in [2.24, 2.45) is 0 Å². The molecule has 0 unspecified atom stereocenters. The molecule has 1 aliphatic heterocycles. The SMILES string of the molecule is COc1cc(C(=O)N2C[C@@H](C)O[C@@H](C)C2)ccc1OCc1cscn1. The number of thiazole rings is 1. The number of methoxy groups -OCH3 is 1. The van der Waals surface area contributed by atoms with Crippen molar-refractivity contribution in [2.45, 2.75) is 32.7 Å². The minimum absolute atomic E-state index is 0.0219. The van der Waals surface area contributed by atoms with Crippen LogP contribution in [0, 0.1) is 0 Å². The van der Waals surface area contributed by atoms with Gasteiger partial charge < -0.3 is 19.1 Å². The van der Waals surface area contributed by atoms with Gasteiger partial charge in [0.25, 0.3) is 5.91 Å². The van der Waals surface area contributed by atoms with Gasteiger partial charge in [-0.3, -0.25) is 4.79 Å². The van der Waals surface area contributed by atoms with Gasteiger partial charge in [0.15, 0.2) is 11.5 Å². The van der Waals surface area contributed by atoms with Gasteiger partial charge in [0, 0.05) is 24.0 Å². The lowest BCUT2D eigenvalue weighted by atomic mass is 10.1. The van der Waals surface area contributed by atoms with Crippen molar-refractivity contribution < 1.29 is 19.0 Å². The number of morpholine rings is 1. The Hall–Kier alpha value is -2.12. The van der Waals surface area contributed by atoms with Gasteiger partial charge in [0.05, 0.1) is 30.5 Å². The molecule has 25 heavy (non-hydrogen) atoms. The summed E-state index contributed by atoms with van der Waals surface area (Å²) in [5, 5.41) is 1.94. The van der Waals surface area contributed by atoms with Crippen molar-refractivity contribution in [2.75, 3.05) is 20.2 Å². The highest BCUT2D eigenvalue weighted by Crippen LogP contribution is 2.29. The van der Waals surface area contributed by atoms with Gasteiger partial charge >= 0.3 is 0 Å². The van der Waals surface area contributed by atoms with Crippen molar-refractivity contribution in [3.8, 4) is 11.5 Å². The monoisotopic (exact) mass is 362 g/mol. The van der Waals surface area contributed by atoms with Gasteiger partial charge in [-0.15, -0.1) is 11.3 Å². The number of aromatic nitrogens is 1. The van der Waals surface area contributed by atoms with Crippen LogP contribution in [0.5, 0.6) is 11.5 Å². The molecule has 0 bridgehead atoms. The van der Waals surface area contributed by atoms with E-state index in [-0.39, 0.29) is 18.1 Å². The van der Waals surface area contributed by atoms with Crippen LogP contribution in [-0.4, -0.2) is 48.2 Å². The number of benzene rings is 1. The summed E-state index contributed by atoms with van der Waals surface area (Å²) in [5.74, 6) is 1.11. The maximum atomic E-state index is 12.8. The van der Waals surface area contributed by atoms with Crippen LogP contribution < -0.4 is 9.47 Å². The average molecular weight is 362 g/mol. The lowest BCUT2D eigenvalue weighted by molar-refractivity contribution is -0.0586. The molecule has 6 nitrogen and oxygen atoms in total. The summed E-state index contributed by atoms with van der Waals surface area (Å²) >= 11 is 1.52. The second-order valence-corrected chi connectivity index (χ2v) is 6.82. The van der Waals surface area contributed by atoms with Gasteiger partial charge in [0.2, 0.25) is 0 Å². The molecule has 1 aliphatic rings. The van der Waals surface area contributed by atoms with Crippen LogP contribution in [0.4, 0.5) is 0 Å². The van der Waals surface area contributed by atoms with Gasteiger partial charge in [0.1, 0.15) is 6.61 Å². The third kappa shape index (κ3) is 4.29. The molecule has 1 fully saturated rings. The van der Waals surface area contributed by atoms with E-state index in [0.29, 0.717) is 36.8 Å². The first-order valence-corrected chi connectivity index (χ1v) is 9.13. The van der Waals surface area contributed by atoms with Crippen LogP contribution in [0.15, 0.2) is 29.1 Å². The zero-order valence-corrected chi connectivity index (χ0v) is 15.4. The van der Waals surface area contributed by atoms with E-state index in [1.807, 2.05) is 24.1 Å². The molecule has 0 saturated carbocycles. The molecular formula is C18H22N2O4S. The molecule has 0 aliphatic carbocycles. The maximum absolute atomic E-state index is 12.8. The molecule has 2 atom stereocenters. The minimum atomic E-state index is -0.0219. The molecule has 7 heteroatoms. The molecular weight excluding hydrogens is 340 g/mol. The highest BCUT2D eigenvalue weighted by Gasteiger charge is 2.27. The Kier molecular flexibility index (Phi) is 5.55. The number of hydrogen-bond donors (Lipinski definition) is 0. The molecule has 2 aromatic rings. The second-order valence-electron chi connectivity index (χ2n) is 6.10. The third-order valence-electron chi connectivity index (χ3n) is 3.98. The van der Waals surface area contributed by atoms with Crippen molar-refractivity contribution in [1.29, 1.82) is 0 Å². The summed E-state index contributed by atoms with van der Waals surface area (Å²) in [5.41, 5.74) is 3.21. The number of ether oxygens (including phenoxy) is 3. The molecule has 0 radical (unpaired) electrons. The van der Waals surface area contributed by atoms with Crippen LogP contribution in [0.2, 0.25) is 0 Å². The zero-order chi connectivity index (χ0) is 17.8. The Morgan fingerprint density at radius 3 is 2.72 bits per heavy atom. The van der Waals surface area contributed by atoms with Crippen molar-refractivity contribution in [3.05, 3.63) is 40.3 Å². The highest BCUT2D eigenvalue weighted by atomic mass is 32.1. The van der Waals surface area contributed by atoms with E-state index >= 15 is 0 Å². The number of rotatable bonds is 5. The van der Waals surface area contributed by atoms with E-state index in [1.54, 1.807) is 30.8 Å². The van der Waals surface area contributed by atoms with E-state index in [0.717, 1.165) is 5.69 Å². The highest BCUT2D eigenvalue weighted by molar-refractivity contribution is 7.07. The normalized spacial score (nSPS) is 20.4. The maximum Gasteiger partial charge on any atom is 0.254 e. The number of nitrogens with zero attached hydrogens (tertiary/aromatic N) is 2. The van der Waals surface area contributed by atoms with Crippen molar-refractivity contribution in [3.63, 3.8) is 0 Å². The second kappa shape index (κ2) is 7.84. The van der Waals surface area contributed by atoms with Crippen molar-refractivity contribution in [1.82, 2.24) is 9.88 Å². The van der Waals surface area contributed by atoms with E-state index in [9.17, 15) is 4.79 Å². The number of amides is 1. The summed E-state index contributed by atoms with van der Waals surface area (Å²) in [6.45, 7) is 5.50. The Bertz CT molecular complexity index is 710. The summed E-state index contributed by atoms with van der Waals surface area (Å²) in [6.07, 6.45) is 0.0747. The molecule has 1 amide bonds. The molecule has 1 aromatic carbocycles. The van der Waals surface area contributed by atoms with Gasteiger partial charge in [-0.1, -0.05) is 0 Å². The first-order chi connectivity index (χ1) is 12.1. The van der Waals surface area contributed by atoms with E-state index in [4.69, 9.17) is 14.2 Å². The Morgan fingerprint density at radius 1 is 1.32 bits per heavy atom. The van der Waals surface area contributed by atoms with E-state index < -0.39 is 0 Å². The largest absolute Gasteiger partial charge is 0.493 e. The molecule has 0 N–H and O–H groups in total. The number of carbonyl (C=O) groups excluding carboxylic acids is 1. The Morgan fingerprint density at radius 2 is 2.08 bits per heavy atom. The summed E-state index contributed by atoms with van der Waals surface area (Å²) < 4.78 is 16.8. The van der Waals surface area contributed by atoms with Crippen LogP contribution in [0.25, 0.3) is 0 Å². The summed E-state index contributed by atoms with van der Waals surface area (Å²) in [7, 11) is 1.57. The molecule has 3 rings (SSSR count). The lowest BCUT2D eigenvalue weighted by Gasteiger charge is -2.35. The van der Waals surface area contributed by atoms with E-state index in [2.05, 4.69) is 4.98 Å². The zero-order valence-electron chi connectivity index (χ0n) is 14.6. The van der Waals surface area contributed by atoms with Gasteiger partial charge in [-0.05, 0) is 32.0 Å². The number of hydrogen-bond acceptors (Lipinski definition) is 6. The predicted molar refractivity (Wildman–Crippen MR) is 95.4 cm³/mol. The minimum Gasteiger partial charge on any atom is -0.493 e. The lowest BCUT2D eigenvalue weighted by Crippen LogP contribution is -2.48. The third-order valence-corrected chi connectivity index (χ3v) is 4.61. The summed E-state index contributed by atoms with van der Waals surface area (Å²) in [4.78, 5) is 18.8. The van der Waals surface area contributed by atoms with Crippen molar-refractivity contribution >= 4 is 17.2 Å². The van der Waals surface area contributed by atoms with E-state index in [1.165, 1.54) is 11.3 Å². The first-order valence-electron chi connectivity index (χ1n) is 8.19. The molecule has 2 heterocycles. The number of carbonyl (C=O) groups is 1. The smallest absolute Gasteiger partial charge is 0.254 e. The summed E-state index contributed by atoms with van der Waals surface area (Å²) in [6, 6.07) is 5.27. The topological polar surface area (TPSA) is 60.9 Å². The fraction of sp³-hybridized carbons (Fsp3) is 0.444. The fourth-order valence-electron chi connectivity index (χ4n) is 2.91. The van der Waals surface area contributed by atoms with Gasteiger partial charge in [-0.2, -0.15) is 0 Å². The van der Waals surface area contributed by atoms with Crippen LogP contribution in [0.1, 0.15) is 29.9 Å². The molecule has 1 aromatic heterocycles. The Labute approximate surface area is 151 Å².